The number of hydrogen-bond donors (Lipinski definition) is 0. The molecule has 208 valence electrons. The Morgan fingerprint density at radius 2 is 1.68 bits per heavy atom. The number of fused-ring (bicyclic) bond motifs is 3. The lowest BCUT2D eigenvalue weighted by molar-refractivity contribution is -0.164. The Hall–Kier alpha value is -3.71. The molecule has 2 aromatic carbocycles. The standard InChI is InChI=1S/C33H37N3O4/c1-20-29(31(32(37)38-5)40-33(2,3)4)30(25-14-15-27-24(18-25)11-8-16-39-27)36-28(34-20)19-26(35-36)23-13-12-21-9-6-7-10-22(21)17-23/h12-15,17-19,31H,6-11,16H2,1-5H3/t31-/m0/s1. The molecule has 1 aliphatic carbocycles. The van der Waals surface area contributed by atoms with Gasteiger partial charge in [-0.2, -0.15) is 5.10 Å². The van der Waals surface area contributed by atoms with Crippen LogP contribution in [0.1, 0.15) is 74.1 Å². The van der Waals surface area contributed by atoms with Gasteiger partial charge in [-0.1, -0.05) is 12.1 Å². The van der Waals surface area contributed by atoms with Gasteiger partial charge in [0.05, 0.1) is 30.7 Å². The van der Waals surface area contributed by atoms with Crippen LogP contribution < -0.4 is 4.74 Å². The quantitative estimate of drug-likeness (QED) is 0.266. The van der Waals surface area contributed by atoms with Gasteiger partial charge in [-0.25, -0.2) is 14.3 Å². The Balaban J connectivity index is 1.59. The molecule has 4 aromatic rings. The normalized spacial score (nSPS) is 15.7. The van der Waals surface area contributed by atoms with Crippen LogP contribution in [-0.2, 0) is 33.5 Å². The van der Waals surface area contributed by atoms with Crippen LogP contribution in [-0.4, -0.2) is 39.9 Å². The highest BCUT2D eigenvalue weighted by atomic mass is 16.6. The summed E-state index contributed by atoms with van der Waals surface area (Å²) in [6.45, 7) is 8.45. The number of benzene rings is 2. The van der Waals surface area contributed by atoms with Crippen molar-refractivity contribution in [2.45, 2.75) is 77.9 Å². The average Bonchev–Trinajstić information content (AvgIpc) is 3.37. The van der Waals surface area contributed by atoms with Crippen molar-refractivity contribution in [3.63, 3.8) is 0 Å². The molecule has 40 heavy (non-hydrogen) atoms. The summed E-state index contributed by atoms with van der Waals surface area (Å²) < 4.78 is 19.4. The second-order valence-corrected chi connectivity index (χ2v) is 11.9. The van der Waals surface area contributed by atoms with Crippen LogP contribution in [0.4, 0.5) is 0 Å². The van der Waals surface area contributed by atoms with E-state index >= 15 is 0 Å². The lowest BCUT2D eigenvalue weighted by atomic mass is 9.90. The van der Waals surface area contributed by atoms with E-state index in [0.29, 0.717) is 11.3 Å². The second-order valence-electron chi connectivity index (χ2n) is 11.9. The van der Waals surface area contributed by atoms with Gasteiger partial charge in [0.2, 0.25) is 0 Å². The molecule has 2 aliphatic rings. The molecule has 0 spiro atoms. The van der Waals surface area contributed by atoms with Gasteiger partial charge in [-0.05, 0) is 107 Å². The molecule has 1 aliphatic heterocycles. The predicted octanol–water partition coefficient (Wildman–Crippen LogP) is 6.60. The van der Waals surface area contributed by atoms with Gasteiger partial charge in [0.1, 0.15) is 5.75 Å². The van der Waals surface area contributed by atoms with Crippen LogP contribution in [0.5, 0.6) is 5.75 Å². The van der Waals surface area contributed by atoms with E-state index in [0.717, 1.165) is 71.8 Å². The average molecular weight is 540 g/mol. The smallest absolute Gasteiger partial charge is 0.339 e. The molecule has 0 bridgehead atoms. The Morgan fingerprint density at radius 1 is 0.950 bits per heavy atom. The molecular formula is C33H37N3O4. The minimum Gasteiger partial charge on any atom is -0.493 e. The fourth-order valence-corrected chi connectivity index (χ4v) is 5.95. The predicted molar refractivity (Wildman–Crippen MR) is 155 cm³/mol. The fourth-order valence-electron chi connectivity index (χ4n) is 5.95. The molecule has 0 N–H and O–H groups in total. The van der Waals surface area contributed by atoms with Crippen LogP contribution in [0.25, 0.3) is 28.2 Å². The number of carbonyl (C=O) groups is 1. The zero-order valence-corrected chi connectivity index (χ0v) is 24.0. The molecule has 0 saturated carbocycles. The fraction of sp³-hybridized carbons (Fsp3) is 0.424. The maximum Gasteiger partial charge on any atom is 0.339 e. The zero-order valence-electron chi connectivity index (χ0n) is 24.0. The Kier molecular flexibility index (Phi) is 6.87. The third-order valence-corrected chi connectivity index (χ3v) is 7.80. The van der Waals surface area contributed by atoms with Crippen molar-refractivity contribution < 1.29 is 19.0 Å². The van der Waals surface area contributed by atoms with Crippen molar-refractivity contribution in [2.24, 2.45) is 0 Å². The first kappa shape index (κ1) is 26.5. The Labute approximate surface area is 235 Å². The molecule has 7 nitrogen and oxygen atoms in total. The molecule has 0 fully saturated rings. The molecule has 0 saturated heterocycles. The molecule has 7 heteroatoms. The summed E-state index contributed by atoms with van der Waals surface area (Å²) in [7, 11) is 1.39. The summed E-state index contributed by atoms with van der Waals surface area (Å²) in [4.78, 5) is 18.2. The van der Waals surface area contributed by atoms with Crippen molar-refractivity contribution in [2.75, 3.05) is 13.7 Å². The number of aryl methyl sites for hydroxylation is 4. The van der Waals surface area contributed by atoms with Crippen LogP contribution in [0.2, 0.25) is 0 Å². The number of carbonyl (C=O) groups excluding carboxylic acids is 1. The van der Waals surface area contributed by atoms with E-state index in [2.05, 4.69) is 24.3 Å². The highest BCUT2D eigenvalue weighted by Gasteiger charge is 2.34. The Morgan fingerprint density at radius 3 is 2.45 bits per heavy atom. The minimum absolute atomic E-state index is 0.469. The van der Waals surface area contributed by atoms with E-state index in [1.54, 1.807) is 0 Å². The van der Waals surface area contributed by atoms with Gasteiger partial charge in [0.25, 0.3) is 0 Å². The molecule has 3 heterocycles. The van der Waals surface area contributed by atoms with E-state index < -0.39 is 17.7 Å². The summed E-state index contributed by atoms with van der Waals surface area (Å²) in [6, 6.07) is 14.9. The summed E-state index contributed by atoms with van der Waals surface area (Å²) in [5, 5.41) is 5.10. The van der Waals surface area contributed by atoms with Crippen molar-refractivity contribution in [1.82, 2.24) is 14.6 Å². The topological polar surface area (TPSA) is 75.0 Å². The lowest BCUT2D eigenvalue weighted by Gasteiger charge is -2.28. The van der Waals surface area contributed by atoms with Crippen molar-refractivity contribution >= 4 is 11.6 Å². The third kappa shape index (κ3) is 4.99. The number of methoxy groups -OCH3 is 1. The molecular weight excluding hydrogens is 502 g/mol. The third-order valence-electron chi connectivity index (χ3n) is 7.80. The van der Waals surface area contributed by atoms with Crippen molar-refractivity contribution in [1.29, 1.82) is 0 Å². The maximum absolute atomic E-state index is 13.2. The lowest BCUT2D eigenvalue weighted by Crippen LogP contribution is -2.30. The van der Waals surface area contributed by atoms with Crippen molar-refractivity contribution in [3.8, 4) is 28.3 Å². The number of ether oxygens (including phenoxy) is 3. The number of aromatic nitrogens is 3. The first-order chi connectivity index (χ1) is 19.2. The van der Waals surface area contributed by atoms with Crippen LogP contribution in [0.3, 0.4) is 0 Å². The molecule has 1 atom stereocenters. The highest BCUT2D eigenvalue weighted by Crippen LogP contribution is 2.39. The van der Waals surface area contributed by atoms with E-state index in [-0.39, 0.29) is 0 Å². The molecule has 2 aromatic heterocycles. The summed E-state index contributed by atoms with van der Waals surface area (Å²) in [5.74, 6) is 0.438. The summed E-state index contributed by atoms with van der Waals surface area (Å²) in [5.41, 5.74) is 9.11. The Bertz CT molecular complexity index is 1600. The van der Waals surface area contributed by atoms with Crippen molar-refractivity contribution in [3.05, 3.63) is 70.4 Å². The van der Waals surface area contributed by atoms with Crippen LogP contribution >= 0.6 is 0 Å². The number of rotatable bonds is 5. The molecule has 0 amide bonds. The molecule has 0 unspecified atom stereocenters. The van der Waals surface area contributed by atoms with Gasteiger partial charge in [0.15, 0.2) is 11.8 Å². The van der Waals surface area contributed by atoms with Gasteiger partial charge in [0, 0.05) is 28.5 Å². The second kappa shape index (κ2) is 10.4. The van der Waals surface area contributed by atoms with E-state index in [9.17, 15) is 4.79 Å². The maximum atomic E-state index is 13.2. The zero-order chi connectivity index (χ0) is 28.0. The monoisotopic (exact) mass is 539 g/mol. The number of hydrogen-bond acceptors (Lipinski definition) is 6. The summed E-state index contributed by atoms with van der Waals surface area (Å²) in [6.07, 6.45) is 5.65. The van der Waals surface area contributed by atoms with Gasteiger partial charge in [-0.15, -0.1) is 0 Å². The van der Waals surface area contributed by atoms with Gasteiger partial charge >= 0.3 is 5.97 Å². The largest absolute Gasteiger partial charge is 0.493 e. The van der Waals surface area contributed by atoms with E-state index in [1.165, 1.54) is 31.1 Å². The number of nitrogens with zero attached hydrogens (tertiary/aromatic N) is 3. The molecule has 0 radical (unpaired) electrons. The van der Waals surface area contributed by atoms with Crippen LogP contribution in [0, 0.1) is 6.92 Å². The number of esters is 1. The molecule has 6 rings (SSSR count). The first-order valence-electron chi connectivity index (χ1n) is 14.3. The minimum atomic E-state index is -0.972. The van der Waals surface area contributed by atoms with Gasteiger partial charge < -0.3 is 14.2 Å². The first-order valence-corrected chi connectivity index (χ1v) is 14.3. The summed E-state index contributed by atoms with van der Waals surface area (Å²) >= 11 is 0. The highest BCUT2D eigenvalue weighted by molar-refractivity contribution is 5.82. The van der Waals surface area contributed by atoms with Gasteiger partial charge in [-0.3, -0.25) is 0 Å². The van der Waals surface area contributed by atoms with E-state index in [1.807, 2.05) is 50.4 Å². The van der Waals surface area contributed by atoms with E-state index in [4.69, 9.17) is 24.3 Å². The SMILES string of the molecule is COC(=O)[C@@H](OC(C)(C)C)c1c(C)nc2cc(-c3ccc4c(c3)CCCC4)nn2c1-c1ccc2c(c1)CCCO2. The van der Waals surface area contributed by atoms with Crippen LogP contribution in [0.15, 0.2) is 42.5 Å².